The number of para-hydroxylation sites is 1. The summed E-state index contributed by atoms with van der Waals surface area (Å²) in [6.07, 6.45) is 0.734. The van der Waals surface area contributed by atoms with Crippen LogP contribution in [-0.2, 0) is 6.54 Å². The fourth-order valence-corrected chi connectivity index (χ4v) is 4.81. The third kappa shape index (κ3) is 7.81. The van der Waals surface area contributed by atoms with E-state index in [2.05, 4.69) is 26.3 Å². The Morgan fingerprint density at radius 1 is 0.978 bits per heavy atom. The van der Waals surface area contributed by atoms with E-state index in [1.807, 2.05) is 34.6 Å². The summed E-state index contributed by atoms with van der Waals surface area (Å²) in [6.45, 7) is 11.1. The van der Waals surface area contributed by atoms with Crippen LogP contribution in [0.15, 0.2) is 60.7 Å². The molecular formula is C34H38F3N7O2. The third-order valence-corrected chi connectivity index (χ3v) is 7.02. The predicted octanol–water partition coefficient (Wildman–Crippen LogP) is 7.31. The lowest BCUT2D eigenvalue weighted by Crippen LogP contribution is -2.43. The number of urea groups is 1. The fraction of sp³-hybridized carbons (Fsp3) is 0.294. The SMILES string of the molecule is CC.Cc1ccc(C(=O)Nc2ccc(F)cc2)cc1-c1nc(NCCCNC(C)C)nc2c1CNC(=O)N2c1c(F)cccc1F. The molecule has 3 aromatic carbocycles. The van der Waals surface area contributed by atoms with Gasteiger partial charge in [0.25, 0.3) is 5.91 Å². The zero-order valence-corrected chi connectivity index (χ0v) is 26.5. The van der Waals surface area contributed by atoms with E-state index in [9.17, 15) is 22.8 Å². The lowest BCUT2D eigenvalue weighted by atomic mass is 9.97. The highest BCUT2D eigenvalue weighted by Crippen LogP contribution is 2.39. The van der Waals surface area contributed by atoms with E-state index >= 15 is 0 Å². The van der Waals surface area contributed by atoms with Gasteiger partial charge < -0.3 is 21.3 Å². The number of anilines is 4. The topological polar surface area (TPSA) is 111 Å². The number of carbonyl (C=O) groups is 2. The molecule has 1 aliphatic heterocycles. The maximum atomic E-state index is 15.0. The number of rotatable bonds is 10. The van der Waals surface area contributed by atoms with Gasteiger partial charge in [0.15, 0.2) is 5.82 Å². The van der Waals surface area contributed by atoms with Gasteiger partial charge in [-0.3, -0.25) is 4.79 Å². The summed E-state index contributed by atoms with van der Waals surface area (Å²) in [5.74, 6) is -2.55. The van der Waals surface area contributed by atoms with Gasteiger partial charge in [0.1, 0.15) is 23.1 Å². The van der Waals surface area contributed by atoms with E-state index in [1.54, 1.807) is 18.2 Å². The van der Waals surface area contributed by atoms with Crippen molar-refractivity contribution in [3.05, 3.63) is 94.8 Å². The smallest absolute Gasteiger partial charge is 0.328 e. The molecule has 12 heteroatoms. The van der Waals surface area contributed by atoms with Gasteiger partial charge in [-0.15, -0.1) is 0 Å². The molecule has 46 heavy (non-hydrogen) atoms. The van der Waals surface area contributed by atoms with E-state index in [0.717, 1.165) is 35.6 Å². The van der Waals surface area contributed by atoms with E-state index < -0.39 is 35.1 Å². The second kappa shape index (κ2) is 15.3. The molecule has 0 atom stereocenters. The van der Waals surface area contributed by atoms with Crippen LogP contribution in [0.2, 0.25) is 0 Å². The molecule has 0 saturated heterocycles. The van der Waals surface area contributed by atoms with Crippen molar-refractivity contribution in [3.8, 4) is 11.3 Å². The number of aryl methyl sites for hydroxylation is 1. The summed E-state index contributed by atoms with van der Waals surface area (Å²) in [4.78, 5) is 36.4. The molecule has 0 aliphatic carbocycles. The maximum Gasteiger partial charge on any atom is 0.328 e. The van der Waals surface area contributed by atoms with Crippen molar-refractivity contribution in [2.24, 2.45) is 0 Å². The van der Waals surface area contributed by atoms with Crippen LogP contribution in [0.4, 0.5) is 41.1 Å². The third-order valence-electron chi connectivity index (χ3n) is 7.02. The number of nitrogens with one attached hydrogen (secondary N) is 4. The zero-order chi connectivity index (χ0) is 33.4. The predicted molar refractivity (Wildman–Crippen MR) is 175 cm³/mol. The number of halogens is 3. The lowest BCUT2D eigenvalue weighted by molar-refractivity contribution is 0.102. The van der Waals surface area contributed by atoms with Crippen LogP contribution in [0, 0.1) is 24.4 Å². The first-order valence-electron chi connectivity index (χ1n) is 15.2. The van der Waals surface area contributed by atoms with Crippen molar-refractivity contribution in [2.75, 3.05) is 28.6 Å². The van der Waals surface area contributed by atoms with Crippen molar-refractivity contribution in [3.63, 3.8) is 0 Å². The van der Waals surface area contributed by atoms with Gasteiger partial charge in [0, 0.05) is 35.0 Å². The molecule has 9 nitrogen and oxygen atoms in total. The van der Waals surface area contributed by atoms with Gasteiger partial charge in [-0.05, 0) is 74.0 Å². The second-order valence-corrected chi connectivity index (χ2v) is 10.6. The molecule has 0 radical (unpaired) electrons. The molecule has 0 saturated carbocycles. The summed E-state index contributed by atoms with van der Waals surface area (Å²) in [6, 6.07) is 13.4. The van der Waals surface area contributed by atoms with Crippen molar-refractivity contribution in [1.82, 2.24) is 20.6 Å². The van der Waals surface area contributed by atoms with Gasteiger partial charge in [-0.25, -0.2) is 27.8 Å². The molecule has 1 aromatic heterocycles. The Kier molecular flexibility index (Phi) is 11.3. The molecule has 0 bridgehead atoms. The Labute approximate surface area is 266 Å². The Morgan fingerprint density at radius 3 is 2.35 bits per heavy atom. The largest absolute Gasteiger partial charge is 0.354 e. The van der Waals surface area contributed by atoms with E-state index in [0.29, 0.717) is 40.7 Å². The van der Waals surface area contributed by atoms with Crippen molar-refractivity contribution >= 4 is 35.1 Å². The number of hydrogen-bond acceptors (Lipinski definition) is 6. The number of hydrogen-bond donors (Lipinski definition) is 4. The standard InChI is InChI=1S/C32H32F3N7O2.C2H6/c1-18(2)36-14-5-15-37-31-40-27(23-16-20(9-8-19(23)3)30(43)39-22-12-10-21(33)11-13-22)24-17-38-32(44)42(29(24)41-31)28-25(34)6-4-7-26(28)35;1-2/h4,6-13,16,18,36H,5,14-15,17H2,1-3H3,(H,38,44)(H,39,43)(H,37,40,41);1-2H3. The minimum absolute atomic E-state index is 0.0138. The normalized spacial score (nSPS) is 12.2. The minimum atomic E-state index is -0.932. The Hall–Kier alpha value is -4.97. The molecule has 4 aromatic rings. The highest BCUT2D eigenvalue weighted by atomic mass is 19.1. The van der Waals surface area contributed by atoms with Crippen LogP contribution in [0.25, 0.3) is 11.3 Å². The zero-order valence-electron chi connectivity index (χ0n) is 26.5. The monoisotopic (exact) mass is 633 g/mol. The van der Waals surface area contributed by atoms with Crippen LogP contribution < -0.4 is 26.2 Å². The maximum absolute atomic E-state index is 15.0. The number of nitrogens with zero attached hydrogens (tertiary/aromatic N) is 3. The quantitative estimate of drug-likeness (QED) is 0.136. The first-order valence-corrected chi connectivity index (χ1v) is 15.2. The average Bonchev–Trinajstić information content (AvgIpc) is 3.03. The molecule has 3 amide bonds. The number of benzene rings is 3. The highest BCUT2D eigenvalue weighted by molar-refractivity contribution is 6.05. The summed E-state index contributed by atoms with van der Waals surface area (Å²) >= 11 is 0. The average molecular weight is 634 g/mol. The van der Waals surface area contributed by atoms with Crippen molar-refractivity contribution in [1.29, 1.82) is 0 Å². The van der Waals surface area contributed by atoms with Crippen LogP contribution in [0.3, 0.4) is 0 Å². The molecule has 2 heterocycles. The van der Waals surface area contributed by atoms with E-state index in [4.69, 9.17) is 4.98 Å². The van der Waals surface area contributed by atoms with E-state index in [-0.39, 0.29) is 18.3 Å². The van der Waals surface area contributed by atoms with Crippen LogP contribution in [0.5, 0.6) is 0 Å². The fourth-order valence-electron chi connectivity index (χ4n) is 4.81. The minimum Gasteiger partial charge on any atom is -0.354 e. The molecule has 0 unspecified atom stereocenters. The molecule has 5 rings (SSSR count). The second-order valence-electron chi connectivity index (χ2n) is 10.6. The van der Waals surface area contributed by atoms with E-state index in [1.165, 1.54) is 30.3 Å². The number of amides is 3. The van der Waals surface area contributed by atoms with Gasteiger partial charge in [-0.1, -0.05) is 39.8 Å². The Morgan fingerprint density at radius 2 is 1.67 bits per heavy atom. The molecule has 0 spiro atoms. The van der Waals surface area contributed by atoms with Crippen molar-refractivity contribution in [2.45, 2.75) is 53.6 Å². The first kappa shape index (κ1) is 33.9. The molecule has 0 fully saturated rings. The highest BCUT2D eigenvalue weighted by Gasteiger charge is 2.34. The van der Waals surface area contributed by atoms with Crippen LogP contribution in [-0.4, -0.2) is 41.0 Å². The van der Waals surface area contributed by atoms with Gasteiger partial charge >= 0.3 is 6.03 Å². The molecular weight excluding hydrogens is 595 g/mol. The molecule has 4 N–H and O–H groups in total. The summed E-state index contributed by atoms with van der Waals surface area (Å²) in [5, 5.41) is 11.9. The first-order chi connectivity index (χ1) is 22.1. The Balaban J connectivity index is 0.00000235. The van der Waals surface area contributed by atoms with Crippen LogP contribution >= 0.6 is 0 Å². The summed E-state index contributed by atoms with van der Waals surface area (Å²) < 4.78 is 43.3. The molecule has 1 aliphatic rings. The number of aromatic nitrogens is 2. The number of fused-ring (bicyclic) bond motifs is 1. The molecule has 242 valence electrons. The number of carbonyl (C=O) groups excluding carboxylic acids is 2. The lowest BCUT2D eigenvalue weighted by Gasteiger charge is -2.31. The summed E-state index contributed by atoms with van der Waals surface area (Å²) in [5.41, 5.74) is 2.27. The van der Waals surface area contributed by atoms with Gasteiger partial charge in [0.2, 0.25) is 5.95 Å². The Bertz CT molecular complexity index is 1680. The van der Waals surface area contributed by atoms with Gasteiger partial charge in [0.05, 0.1) is 12.2 Å². The van der Waals surface area contributed by atoms with Gasteiger partial charge in [-0.2, -0.15) is 4.98 Å². The van der Waals surface area contributed by atoms with Crippen molar-refractivity contribution < 1.29 is 22.8 Å². The van der Waals surface area contributed by atoms with Crippen LogP contribution in [0.1, 0.15) is 55.6 Å². The summed E-state index contributed by atoms with van der Waals surface area (Å²) in [7, 11) is 0.